The maximum atomic E-state index is 13.2. The van der Waals surface area contributed by atoms with Gasteiger partial charge >= 0.3 is 11.9 Å². The Hall–Kier alpha value is -2.15. The van der Waals surface area contributed by atoms with Gasteiger partial charge in [-0.3, -0.25) is 9.59 Å². The van der Waals surface area contributed by atoms with Crippen LogP contribution in [0.3, 0.4) is 0 Å². The second-order valence-corrected chi connectivity index (χ2v) is 4.33. The van der Waals surface area contributed by atoms with Gasteiger partial charge in [0.15, 0.2) is 0 Å². The predicted molar refractivity (Wildman–Crippen MR) is 67.2 cm³/mol. The molecule has 0 unspecified atom stereocenters. The van der Waals surface area contributed by atoms with Crippen molar-refractivity contribution in [1.29, 1.82) is 0 Å². The number of amides is 1. The van der Waals surface area contributed by atoms with Crippen molar-refractivity contribution in [2.75, 3.05) is 0 Å². The number of carbonyl (C=O) groups is 3. The Labute approximate surface area is 118 Å². The summed E-state index contributed by atoms with van der Waals surface area (Å²) in [5.41, 5.74) is -0.103. The molecule has 0 saturated carbocycles. The van der Waals surface area contributed by atoms with Crippen molar-refractivity contribution >= 4 is 29.4 Å². The molecule has 20 heavy (non-hydrogen) atoms. The Morgan fingerprint density at radius 3 is 2.45 bits per heavy atom. The highest BCUT2D eigenvalue weighted by molar-refractivity contribution is 6.30. The third-order valence-electron chi connectivity index (χ3n) is 2.43. The Morgan fingerprint density at radius 2 is 1.95 bits per heavy atom. The first-order valence-electron chi connectivity index (χ1n) is 5.51. The second-order valence-electron chi connectivity index (χ2n) is 3.93. The molecule has 8 heteroatoms. The lowest BCUT2D eigenvalue weighted by atomic mass is 10.1. The van der Waals surface area contributed by atoms with Crippen LogP contribution in [0.1, 0.15) is 23.2 Å². The van der Waals surface area contributed by atoms with Crippen molar-refractivity contribution in [1.82, 2.24) is 5.32 Å². The molecule has 1 aromatic rings. The number of hydrogen-bond donors (Lipinski definition) is 3. The lowest BCUT2D eigenvalue weighted by molar-refractivity contribution is -0.140. The fourth-order valence-corrected chi connectivity index (χ4v) is 1.52. The van der Waals surface area contributed by atoms with Crippen molar-refractivity contribution in [2.24, 2.45) is 0 Å². The van der Waals surface area contributed by atoms with E-state index >= 15 is 0 Å². The molecule has 0 radical (unpaired) electrons. The van der Waals surface area contributed by atoms with Gasteiger partial charge in [0.1, 0.15) is 11.9 Å². The van der Waals surface area contributed by atoms with Gasteiger partial charge in [-0.05, 0) is 24.6 Å². The SMILES string of the molecule is O=C(O)CC[C@H](NC(=O)c1ccc(Cl)c(F)c1)C(=O)O. The van der Waals surface area contributed by atoms with Crippen LogP contribution >= 0.6 is 11.6 Å². The summed E-state index contributed by atoms with van der Waals surface area (Å²) < 4.78 is 13.2. The summed E-state index contributed by atoms with van der Waals surface area (Å²) in [5.74, 6) is -4.17. The first kappa shape index (κ1) is 15.9. The van der Waals surface area contributed by atoms with Crippen LogP contribution in [0.15, 0.2) is 18.2 Å². The normalized spacial score (nSPS) is 11.7. The van der Waals surface area contributed by atoms with Gasteiger partial charge in [-0.25, -0.2) is 9.18 Å². The summed E-state index contributed by atoms with van der Waals surface area (Å²) in [5, 5.41) is 19.3. The third kappa shape index (κ3) is 4.51. The van der Waals surface area contributed by atoms with Gasteiger partial charge in [-0.15, -0.1) is 0 Å². The lowest BCUT2D eigenvalue weighted by Crippen LogP contribution is -2.41. The Bertz CT molecular complexity index is 549. The number of carboxylic acid groups (broad SMARTS) is 2. The van der Waals surface area contributed by atoms with E-state index in [0.717, 1.165) is 6.07 Å². The van der Waals surface area contributed by atoms with E-state index in [9.17, 15) is 18.8 Å². The van der Waals surface area contributed by atoms with E-state index < -0.39 is 36.1 Å². The Kier molecular flexibility index (Phi) is 5.45. The number of carboxylic acids is 2. The van der Waals surface area contributed by atoms with Gasteiger partial charge in [0, 0.05) is 12.0 Å². The van der Waals surface area contributed by atoms with Gasteiger partial charge in [0.05, 0.1) is 5.02 Å². The van der Waals surface area contributed by atoms with Gasteiger partial charge < -0.3 is 15.5 Å². The minimum absolute atomic E-state index is 0.103. The zero-order valence-electron chi connectivity index (χ0n) is 10.1. The fraction of sp³-hybridized carbons (Fsp3) is 0.250. The molecule has 6 nitrogen and oxygen atoms in total. The first-order valence-corrected chi connectivity index (χ1v) is 5.89. The molecule has 0 aliphatic heterocycles. The average Bonchev–Trinajstić information content (AvgIpc) is 2.36. The van der Waals surface area contributed by atoms with Gasteiger partial charge in [-0.2, -0.15) is 0 Å². The molecule has 108 valence electrons. The zero-order valence-corrected chi connectivity index (χ0v) is 10.9. The summed E-state index contributed by atoms with van der Waals surface area (Å²) in [6.45, 7) is 0. The maximum Gasteiger partial charge on any atom is 0.326 e. The van der Waals surface area contributed by atoms with Crippen molar-refractivity contribution in [3.63, 3.8) is 0 Å². The molecular weight excluding hydrogens is 293 g/mol. The smallest absolute Gasteiger partial charge is 0.326 e. The molecule has 0 aliphatic carbocycles. The number of halogens is 2. The fourth-order valence-electron chi connectivity index (χ4n) is 1.40. The molecule has 0 aliphatic rings. The van der Waals surface area contributed by atoms with Crippen LogP contribution in [0.25, 0.3) is 0 Å². The van der Waals surface area contributed by atoms with E-state index in [4.69, 9.17) is 21.8 Å². The van der Waals surface area contributed by atoms with Crippen molar-refractivity contribution in [2.45, 2.75) is 18.9 Å². The largest absolute Gasteiger partial charge is 0.481 e. The van der Waals surface area contributed by atoms with Gasteiger partial charge in [0.25, 0.3) is 5.91 Å². The van der Waals surface area contributed by atoms with E-state index in [-0.39, 0.29) is 17.0 Å². The number of aliphatic carboxylic acids is 2. The predicted octanol–water partition coefficient (Wildman–Crippen LogP) is 1.53. The highest BCUT2D eigenvalue weighted by Crippen LogP contribution is 2.15. The molecule has 1 rings (SSSR count). The van der Waals surface area contributed by atoms with Crippen LogP contribution in [0.5, 0.6) is 0 Å². The molecule has 1 atom stereocenters. The molecular formula is C12H11ClFNO5. The molecule has 0 aromatic heterocycles. The van der Waals surface area contributed by atoms with E-state index in [1.165, 1.54) is 12.1 Å². The van der Waals surface area contributed by atoms with Crippen LogP contribution in [0.2, 0.25) is 5.02 Å². The summed E-state index contributed by atoms with van der Waals surface area (Å²) in [6.07, 6.45) is -0.682. The Balaban J connectivity index is 2.77. The quantitative estimate of drug-likeness (QED) is 0.739. The molecule has 3 N–H and O–H groups in total. The minimum atomic E-state index is -1.37. The van der Waals surface area contributed by atoms with Crippen molar-refractivity contribution in [3.8, 4) is 0 Å². The molecule has 0 bridgehead atoms. The van der Waals surface area contributed by atoms with Crippen molar-refractivity contribution in [3.05, 3.63) is 34.6 Å². The molecule has 1 aromatic carbocycles. The molecule has 0 fully saturated rings. The van der Waals surface area contributed by atoms with Crippen LogP contribution in [-0.4, -0.2) is 34.1 Å². The third-order valence-corrected chi connectivity index (χ3v) is 2.74. The van der Waals surface area contributed by atoms with Gasteiger partial charge in [-0.1, -0.05) is 11.6 Å². The number of hydrogen-bond acceptors (Lipinski definition) is 3. The highest BCUT2D eigenvalue weighted by atomic mass is 35.5. The topological polar surface area (TPSA) is 104 Å². The molecule has 1 amide bonds. The van der Waals surface area contributed by atoms with Crippen LogP contribution in [0.4, 0.5) is 4.39 Å². The summed E-state index contributed by atoms with van der Waals surface area (Å²) >= 11 is 5.46. The number of rotatable bonds is 6. The standard InChI is InChI=1S/C12H11ClFNO5/c13-7-2-1-6(5-8(7)14)11(18)15-9(12(19)20)3-4-10(16)17/h1-2,5,9H,3-4H2,(H,15,18)(H,16,17)(H,19,20)/t9-/m0/s1. The Morgan fingerprint density at radius 1 is 1.30 bits per heavy atom. The average molecular weight is 304 g/mol. The summed E-state index contributed by atoms with van der Waals surface area (Å²) in [6, 6.07) is 1.90. The number of carbonyl (C=O) groups excluding carboxylic acids is 1. The van der Waals surface area contributed by atoms with E-state index in [1.54, 1.807) is 0 Å². The minimum Gasteiger partial charge on any atom is -0.481 e. The maximum absolute atomic E-state index is 13.2. The summed E-state index contributed by atoms with van der Waals surface area (Å²) in [7, 11) is 0. The van der Waals surface area contributed by atoms with Crippen LogP contribution < -0.4 is 5.32 Å². The summed E-state index contributed by atoms with van der Waals surface area (Å²) in [4.78, 5) is 33.0. The van der Waals surface area contributed by atoms with Crippen LogP contribution in [0, 0.1) is 5.82 Å². The second kappa shape index (κ2) is 6.85. The number of nitrogens with one attached hydrogen (secondary N) is 1. The van der Waals surface area contributed by atoms with E-state index in [1.807, 2.05) is 0 Å². The zero-order chi connectivity index (χ0) is 15.3. The van der Waals surface area contributed by atoms with Crippen molar-refractivity contribution < 1.29 is 29.0 Å². The van der Waals surface area contributed by atoms with Crippen LogP contribution in [-0.2, 0) is 9.59 Å². The molecule has 0 saturated heterocycles. The number of benzene rings is 1. The van der Waals surface area contributed by atoms with Gasteiger partial charge in [0.2, 0.25) is 0 Å². The monoisotopic (exact) mass is 303 g/mol. The molecule has 0 spiro atoms. The van der Waals surface area contributed by atoms with E-state index in [0.29, 0.717) is 0 Å². The molecule has 0 heterocycles. The van der Waals surface area contributed by atoms with E-state index in [2.05, 4.69) is 5.32 Å². The first-order chi connectivity index (χ1) is 9.31. The lowest BCUT2D eigenvalue weighted by Gasteiger charge is -2.13. The highest BCUT2D eigenvalue weighted by Gasteiger charge is 2.21.